The minimum absolute atomic E-state index is 0.328. The molecule has 4 nitrogen and oxygen atoms in total. The molecule has 7 heteroatoms. The zero-order chi connectivity index (χ0) is 13.8. The number of ether oxygens (including phenoxy) is 2. The molecular weight excluding hydrogens is 249 g/mol. The van der Waals surface area contributed by atoms with Gasteiger partial charge in [0.1, 0.15) is 11.5 Å². The molecule has 0 aliphatic heterocycles. The van der Waals surface area contributed by atoms with Crippen LogP contribution in [0.2, 0.25) is 0 Å². The molecule has 0 heterocycles. The maximum Gasteiger partial charge on any atom is 0.573 e. The molecule has 0 aliphatic carbocycles. The topological polar surface area (TPSA) is 70.5 Å². The molecule has 0 amide bonds. The van der Waals surface area contributed by atoms with Gasteiger partial charge in [0.15, 0.2) is 0 Å². The van der Waals surface area contributed by atoms with Crippen molar-refractivity contribution in [3.05, 3.63) is 23.8 Å². The molecule has 102 valence electrons. The molecule has 0 aliphatic rings. The standard InChI is InChI=1S/C11H15F3N2O2/c1-17-10-3-2-7(18-11(12,13)14)6-8(10)9(16)4-5-15/h2-3,6,9H,4-5,15-16H2,1H3/t9-/m1/s1. The van der Waals surface area contributed by atoms with Crippen LogP contribution >= 0.6 is 0 Å². The molecule has 4 N–H and O–H groups in total. The van der Waals surface area contributed by atoms with Gasteiger partial charge in [0.05, 0.1) is 7.11 Å². The summed E-state index contributed by atoms with van der Waals surface area (Å²) in [6.45, 7) is 0.328. The lowest BCUT2D eigenvalue weighted by Gasteiger charge is -2.17. The number of alkyl halides is 3. The highest BCUT2D eigenvalue weighted by molar-refractivity contribution is 5.42. The SMILES string of the molecule is COc1ccc(OC(F)(F)F)cc1[C@H](N)CCN. The lowest BCUT2D eigenvalue weighted by atomic mass is 10.0. The summed E-state index contributed by atoms with van der Waals surface area (Å²) in [6, 6.07) is 3.27. The molecule has 18 heavy (non-hydrogen) atoms. The maximum atomic E-state index is 12.1. The average Bonchev–Trinajstić information content (AvgIpc) is 2.27. The molecule has 0 fully saturated rings. The number of rotatable bonds is 5. The second-order valence-corrected chi connectivity index (χ2v) is 3.64. The molecular formula is C11H15F3N2O2. The number of hydrogen-bond acceptors (Lipinski definition) is 4. The second kappa shape index (κ2) is 5.92. The third-order valence-corrected chi connectivity index (χ3v) is 2.31. The van der Waals surface area contributed by atoms with Gasteiger partial charge >= 0.3 is 6.36 Å². The lowest BCUT2D eigenvalue weighted by molar-refractivity contribution is -0.274. The normalized spacial score (nSPS) is 13.2. The van der Waals surface area contributed by atoms with Crippen molar-refractivity contribution >= 4 is 0 Å². The minimum atomic E-state index is -4.73. The highest BCUT2D eigenvalue weighted by atomic mass is 19.4. The molecule has 1 atom stereocenters. The van der Waals surface area contributed by atoms with E-state index in [9.17, 15) is 13.2 Å². The van der Waals surface area contributed by atoms with Crippen molar-refractivity contribution in [2.75, 3.05) is 13.7 Å². The number of halogens is 3. The van der Waals surface area contributed by atoms with Gasteiger partial charge in [-0.3, -0.25) is 0 Å². The summed E-state index contributed by atoms with van der Waals surface area (Å²) in [4.78, 5) is 0. The van der Waals surface area contributed by atoms with Crippen LogP contribution in [0.4, 0.5) is 13.2 Å². The molecule has 0 aromatic heterocycles. The van der Waals surface area contributed by atoms with Gasteiger partial charge < -0.3 is 20.9 Å². The summed E-state index contributed by atoms with van der Waals surface area (Å²) >= 11 is 0. The largest absolute Gasteiger partial charge is 0.573 e. The van der Waals surface area contributed by atoms with Crippen LogP contribution in [0.5, 0.6) is 11.5 Å². The van der Waals surface area contributed by atoms with E-state index in [1.165, 1.54) is 25.3 Å². The fourth-order valence-corrected chi connectivity index (χ4v) is 1.53. The van der Waals surface area contributed by atoms with E-state index < -0.39 is 12.4 Å². The quantitative estimate of drug-likeness (QED) is 0.852. The van der Waals surface area contributed by atoms with E-state index in [-0.39, 0.29) is 5.75 Å². The summed E-state index contributed by atoms with van der Waals surface area (Å²) in [7, 11) is 1.41. The summed E-state index contributed by atoms with van der Waals surface area (Å²) in [5.74, 6) is 0.0799. The van der Waals surface area contributed by atoms with E-state index in [0.717, 1.165) is 0 Å². The first-order valence-electron chi connectivity index (χ1n) is 5.26. The summed E-state index contributed by atoms with van der Waals surface area (Å²) < 4.78 is 45.2. The maximum absolute atomic E-state index is 12.1. The number of methoxy groups -OCH3 is 1. The Balaban J connectivity index is 3.01. The van der Waals surface area contributed by atoms with E-state index in [2.05, 4.69) is 4.74 Å². The van der Waals surface area contributed by atoms with Gasteiger partial charge in [-0.05, 0) is 31.2 Å². The first-order chi connectivity index (χ1) is 8.37. The zero-order valence-electron chi connectivity index (χ0n) is 9.83. The minimum Gasteiger partial charge on any atom is -0.496 e. The molecule has 1 aromatic rings. The van der Waals surface area contributed by atoms with Crippen molar-refractivity contribution in [2.45, 2.75) is 18.8 Å². The summed E-state index contributed by atoms with van der Waals surface area (Å²) in [6.07, 6.45) is -4.30. The predicted molar refractivity (Wildman–Crippen MR) is 60.3 cm³/mol. The van der Waals surface area contributed by atoms with E-state index in [4.69, 9.17) is 16.2 Å². The molecule has 0 radical (unpaired) electrons. The predicted octanol–water partition coefficient (Wildman–Crippen LogP) is 1.94. The lowest BCUT2D eigenvalue weighted by Crippen LogP contribution is -2.19. The van der Waals surface area contributed by atoms with Crippen molar-refractivity contribution < 1.29 is 22.6 Å². The molecule has 0 unspecified atom stereocenters. The third kappa shape index (κ3) is 4.08. The summed E-state index contributed by atoms with van der Waals surface area (Å²) in [5, 5.41) is 0. The van der Waals surface area contributed by atoms with Gasteiger partial charge in [0.2, 0.25) is 0 Å². The van der Waals surface area contributed by atoms with Crippen LogP contribution in [-0.2, 0) is 0 Å². The zero-order valence-corrected chi connectivity index (χ0v) is 9.83. The Labute approximate surface area is 103 Å². The van der Waals surface area contributed by atoms with Crippen LogP contribution in [-0.4, -0.2) is 20.0 Å². The second-order valence-electron chi connectivity index (χ2n) is 3.64. The van der Waals surface area contributed by atoms with E-state index in [1.54, 1.807) is 0 Å². The molecule has 0 bridgehead atoms. The van der Waals surface area contributed by atoms with Crippen LogP contribution in [0.15, 0.2) is 18.2 Å². The number of nitrogens with two attached hydrogens (primary N) is 2. The van der Waals surface area contributed by atoms with Gasteiger partial charge in [0.25, 0.3) is 0 Å². The van der Waals surface area contributed by atoms with E-state index >= 15 is 0 Å². The highest BCUT2D eigenvalue weighted by Gasteiger charge is 2.31. The fourth-order valence-electron chi connectivity index (χ4n) is 1.53. The molecule has 0 spiro atoms. The molecule has 0 saturated heterocycles. The van der Waals surface area contributed by atoms with E-state index in [1.807, 2.05) is 0 Å². The van der Waals surface area contributed by atoms with Crippen LogP contribution in [0.25, 0.3) is 0 Å². The van der Waals surface area contributed by atoms with Crippen LogP contribution in [0, 0.1) is 0 Å². The Bertz CT molecular complexity index is 396. The highest BCUT2D eigenvalue weighted by Crippen LogP contribution is 2.32. The van der Waals surface area contributed by atoms with Gasteiger partial charge in [-0.2, -0.15) is 0 Å². The Hall–Kier alpha value is -1.47. The first kappa shape index (κ1) is 14.6. The molecule has 1 rings (SSSR count). The van der Waals surface area contributed by atoms with Crippen LogP contribution < -0.4 is 20.9 Å². The Morgan fingerprint density at radius 1 is 1.33 bits per heavy atom. The molecule has 0 saturated carbocycles. The Kier molecular flexibility index (Phi) is 4.80. The Morgan fingerprint density at radius 2 is 2.00 bits per heavy atom. The Morgan fingerprint density at radius 3 is 2.50 bits per heavy atom. The van der Waals surface area contributed by atoms with E-state index in [0.29, 0.717) is 24.3 Å². The summed E-state index contributed by atoms with van der Waals surface area (Å²) in [5.41, 5.74) is 11.6. The van der Waals surface area contributed by atoms with Crippen LogP contribution in [0.3, 0.4) is 0 Å². The fraction of sp³-hybridized carbons (Fsp3) is 0.455. The monoisotopic (exact) mass is 264 g/mol. The van der Waals surface area contributed by atoms with Crippen LogP contribution in [0.1, 0.15) is 18.0 Å². The van der Waals surface area contributed by atoms with Gasteiger partial charge in [-0.25, -0.2) is 0 Å². The first-order valence-corrected chi connectivity index (χ1v) is 5.26. The van der Waals surface area contributed by atoms with Crippen molar-refractivity contribution in [1.82, 2.24) is 0 Å². The molecule has 1 aromatic carbocycles. The van der Waals surface area contributed by atoms with Crippen molar-refractivity contribution in [3.63, 3.8) is 0 Å². The number of benzene rings is 1. The van der Waals surface area contributed by atoms with Crippen molar-refractivity contribution in [3.8, 4) is 11.5 Å². The third-order valence-electron chi connectivity index (χ3n) is 2.31. The van der Waals surface area contributed by atoms with Gasteiger partial charge in [0, 0.05) is 11.6 Å². The van der Waals surface area contributed by atoms with Gasteiger partial charge in [-0.1, -0.05) is 0 Å². The average molecular weight is 264 g/mol. The van der Waals surface area contributed by atoms with Crippen molar-refractivity contribution in [2.24, 2.45) is 11.5 Å². The van der Waals surface area contributed by atoms with Gasteiger partial charge in [-0.15, -0.1) is 13.2 Å². The number of hydrogen-bond donors (Lipinski definition) is 2. The smallest absolute Gasteiger partial charge is 0.496 e. The van der Waals surface area contributed by atoms with Crippen molar-refractivity contribution in [1.29, 1.82) is 0 Å².